The van der Waals surface area contributed by atoms with Crippen LogP contribution in [0.4, 0.5) is 0 Å². The van der Waals surface area contributed by atoms with Crippen LogP contribution in [0.15, 0.2) is 18.2 Å². The summed E-state index contributed by atoms with van der Waals surface area (Å²) in [6.07, 6.45) is 2.26. The fourth-order valence-electron chi connectivity index (χ4n) is 2.21. The van der Waals surface area contributed by atoms with Crippen LogP contribution in [0.1, 0.15) is 24.4 Å². The van der Waals surface area contributed by atoms with E-state index in [-0.39, 0.29) is 0 Å². The Morgan fingerprint density at radius 1 is 1.47 bits per heavy atom. The van der Waals surface area contributed by atoms with Gasteiger partial charge in [-0.3, -0.25) is 0 Å². The molecule has 0 spiro atoms. The molecule has 0 N–H and O–H groups in total. The minimum atomic E-state index is 0.332. The molecule has 1 aliphatic rings. The van der Waals surface area contributed by atoms with E-state index in [4.69, 9.17) is 10.00 Å². The quantitative estimate of drug-likeness (QED) is 0.784. The highest BCUT2D eigenvalue weighted by atomic mass is 16.5. The normalized spacial score (nSPS) is 23.3. The third kappa shape index (κ3) is 1.58. The lowest BCUT2D eigenvalue weighted by atomic mass is 9.89. The van der Waals surface area contributed by atoms with Crippen molar-refractivity contribution in [3.05, 3.63) is 23.8 Å². The minimum absolute atomic E-state index is 0.332. The highest BCUT2D eigenvalue weighted by molar-refractivity contribution is 5.76. The van der Waals surface area contributed by atoms with E-state index >= 15 is 0 Å². The molecule has 0 bridgehead atoms. The lowest BCUT2D eigenvalue weighted by Crippen LogP contribution is -2.33. The first-order valence-electron chi connectivity index (χ1n) is 5.59. The molecule has 5 heteroatoms. The summed E-state index contributed by atoms with van der Waals surface area (Å²) in [6.45, 7) is 0. The van der Waals surface area contributed by atoms with Gasteiger partial charge in [-0.05, 0) is 31.0 Å². The van der Waals surface area contributed by atoms with Crippen LogP contribution in [-0.2, 0) is 4.74 Å². The number of methoxy groups -OCH3 is 1. The number of hydrogen-bond donors (Lipinski definition) is 0. The summed E-state index contributed by atoms with van der Waals surface area (Å²) in [5, 5.41) is 17.2. The molecular weight excluding hydrogens is 216 g/mol. The number of fused-ring (bicyclic) bond motifs is 1. The topological polar surface area (TPSA) is 63.7 Å². The molecule has 1 saturated carbocycles. The maximum absolute atomic E-state index is 8.90. The Labute approximate surface area is 98.6 Å². The van der Waals surface area contributed by atoms with Gasteiger partial charge in [-0.25, -0.2) is 4.68 Å². The lowest BCUT2D eigenvalue weighted by Gasteiger charge is -2.34. The van der Waals surface area contributed by atoms with Crippen LogP contribution >= 0.6 is 0 Å². The van der Waals surface area contributed by atoms with Gasteiger partial charge in [0.05, 0.1) is 29.3 Å². The van der Waals surface area contributed by atoms with Gasteiger partial charge in [-0.2, -0.15) is 5.26 Å². The summed E-state index contributed by atoms with van der Waals surface area (Å²) >= 11 is 0. The second-order valence-corrected chi connectivity index (χ2v) is 4.33. The van der Waals surface area contributed by atoms with Gasteiger partial charge < -0.3 is 4.74 Å². The largest absolute Gasteiger partial charge is 0.381 e. The van der Waals surface area contributed by atoms with E-state index in [1.54, 1.807) is 13.2 Å². The molecule has 86 valence electrons. The summed E-state index contributed by atoms with van der Waals surface area (Å²) in [5.41, 5.74) is 2.41. The van der Waals surface area contributed by atoms with Crippen molar-refractivity contribution in [3.63, 3.8) is 0 Å². The second kappa shape index (κ2) is 3.82. The SMILES string of the molecule is COC1CC(n2nnc3ccc(C#N)cc32)C1. The molecule has 5 nitrogen and oxygen atoms in total. The molecule has 1 heterocycles. The molecule has 0 atom stereocenters. The van der Waals surface area contributed by atoms with Crippen molar-refractivity contribution in [2.24, 2.45) is 0 Å². The standard InChI is InChI=1S/C12H12N4O/c1-17-10-5-9(6-10)16-12-4-8(7-13)2-3-11(12)14-15-16/h2-4,9-10H,5-6H2,1H3. The van der Waals surface area contributed by atoms with Gasteiger partial charge >= 0.3 is 0 Å². The average molecular weight is 228 g/mol. The summed E-state index contributed by atoms with van der Waals surface area (Å²) in [7, 11) is 1.73. The summed E-state index contributed by atoms with van der Waals surface area (Å²) in [5.74, 6) is 0. The molecule has 1 fully saturated rings. The predicted molar refractivity (Wildman–Crippen MR) is 61.3 cm³/mol. The Morgan fingerprint density at radius 3 is 3.00 bits per heavy atom. The molecule has 0 aliphatic heterocycles. The van der Waals surface area contributed by atoms with Crippen molar-refractivity contribution in [1.29, 1.82) is 5.26 Å². The predicted octanol–water partition coefficient (Wildman–Crippen LogP) is 1.65. The van der Waals surface area contributed by atoms with E-state index in [2.05, 4.69) is 16.4 Å². The maximum atomic E-state index is 8.90. The third-order valence-electron chi connectivity index (χ3n) is 3.35. The van der Waals surface area contributed by atoms with Crippen molar-refractivity contribution in [2.45, 2.75) is 25.0 Å². The highest BCUT2D eigenvalue weighted by Gasteiger charge is 2.32. The van der Waals surface area contributed by atoms with Crippen molar-refractivity contribution in [2.75, 3.05) is 7.11 Å². The number of nitrogens with zero attached hydrogens (tertiary/aromatic N) is 4. The van der Waals surface area contributed by atoms with Gasteiger partial charge in [0.15, 0.2) is 0 Å². The zero-order valence-electron chi connectivity index (χ0n) is 9.50. The Morgan fingerprint density at radius 2 is 2.29 bits per heavy atom. The fourth-order valence-corrected chi connectivity index (χ4v) is 2.21. The molecule has 1 aromatic heterocycles. The number of nitriles is 1. The van der Waals surface area contributed by atoms with Crippen LogP contribution in [0.5, 0.6) is 0 Å². The first-order chi connectivity index (χ1) is 8.31. The van der Waals surface area contributed by atoms with E-state index in [1.807, 2.05) is 16.8 Å². The Kier molecular flexibility index (Phi) is 2.30. The summed E-state index contributed by atoms with van der Waals surface area (Å²) in [4.78, 5) is 0. The smallest absolute Gasteiger partial charge is 0.113 e. The van der Waals surface area contributed by atoms with Gasteiger partial charge in [0.2, 0.25) is 0 Å². The van der Waals surface area contributed by atoms with Crippen molar-refractivity contribution < 1.29 is 4.74 Å². The third-order valence-corrected chi connectivity index (χ3v) is 3.35. The number of aromatic nitrogens is 3. The van der Waals surface area contributed by atoms with Crippen molar-refractivity contribution >= 4 is 11.0 Å². The van der Waals surface area contributed by atoms with E-state index < -0.39 is 0 Å². The van der Waals surface area contributed by atoms with Crippen LogP contribution in [0.2, 0.25) is 0 Å². The number of ether oxygens (including phenoxy) is 1. The fraction of sp³-hybridized carbons (Fsp3) is 0.417. The summed E-state index contributed by atoms with van der Waals surface area (Å²) < 4.78 is 7.17. The lowest BCUT2D eigenvalue weighted by molar-refractivity contribution is 0.00332. The first-order valence-corrected chi connectivity index (χ1v) is 5.59. The Bertz CT molecular complexity index is 592. The second-order valence-electron chi connectivity index (χ2n) is 4.33. The van der Waals surface area contributed by atoms with Gasteiger partial charge in [-0.1, -0.05) is 5.21 Å². The van der Waals surface area contributed by atoms with Gasteiger partial charge in [0.1, 0.15) is 5.52 Å². The monoisotopic (exact) mass is 228 g/mol. The van der Waals surface area contributed by atoms with Gasteiger partial charge in [-0.15, -0.1) is 5.10 Å². The average Bonchev–Trinajstić information content (AvgIpc) is 2.71. The molecule has 3 rings (SSSR count). The molecule has 0 radical (unpaired) electrons. The molecule has 0 amide bonds. The minimum Gasteiger partial charge on any atom is -0.381 e. The molecular formula is C12H12N4O. The molecule has 2 aromatic rings. The summed E-state index contributed by atoms with van der Waals surface area (Å²) in [6, 6.07) is 7.93. The van der Waals surface area contributed by atoms with E-state index in [0.717, 1.165) is 23.9 Å². The van der Waals surface area contributed by atoms with Crippen LogP contribution < -0.4 is 0 Å². The van der Waals surface area contributed by atoms with Crippen LogP contribution in [0.25, 0.3) is 11.0 Å². The molecule has 1 aliphatic carbocycles. The maximum Gasteiger partial charge on any atom is 0.113 e. The van der Waals surface area contributed by atoms with Crippen LogP contribution in [0, 0.1) is 11.3 Å². The number of hydrogen-bond acceptors (Lipinski definition) is 4. The van der Waals surface area contributed by atoms with Crippen LogP contribution in [-0.4, -0.2) is 28.2 Å². The Hall–Kier alpha value is -1.93. The molecule has 0 unspecified atom stereocenters. The molecule has 0 saturated heterocycles. The first kappa shape index (κ1) is 10.2. The zero-order valence-corrected chi connectivity index (χ0v) is 9.50. The van der Waals surface area contributed by atoms with E-state index in [9.17, 15) is 0 Å². The van der Waals surface area contributed by atoms with Gasteiger partial charge in [0, 0.05) is 7.11 Å². The highest BCUT2D eigenvalue weighted by Crippen LogP contribution is 2.35. The van der Waals surface area contributed by atoms with Gasteiger partial charge in [0.25, 0.3) is 0 Å². The van der Waals surface area contributed by atoms with E-state index in [0.29, 0.717) is 17.7 Å². The molecule has 17 heavy (non-hydrogen) atoms. The number of rotatable bonds is 2. The number of benzene rings is 1. The Balaban J connectivity index is 1.98. The van der Waals surface area contributed by atoms with Crippen molar-refractivity contribution in [1.82, 2.24) is 15.0 Å². The van der Waals surface area contributed by atoms with E-state index in [1.165, 1.54) is 0 Å². The molecule has 1 aromatic carbocycles. The van der Waals surface area contributed by atoms with Crippen molar-refractivity contribution in [3.8, 4) is 6.07 Å². The van der Waals surface area contributed by atoms with Crippen LogP contribution in [0.3, 0.4) is 0 Å². The zero-order chi connectivity index (χ0) is 11.8.